The normalized spacial score (nSPS) is 13.9. The first-order valence-corrected chi connectivity index (χ1v) is 19.5. The molecule has 2 rings (SSSR count). The van der Waals surface area contributed by atoms with E-state index in [0.717, 1.165) is 0 Å². The Kier molecular flexibility index (Phi) is 5.41. The SMILES string of the molecule is C[Si](C)(C)N(CCc1cn([Si](C)(C)C)c2ccccc12)[Si](C)(C)C. The van der Waals surface area contributed by atoms with Crippen LogP contribution in [0, 0.1) is 0 Å². The molecule has 0 radical (unpaired) electrons. The molecule has 0 aliphatic heterocycles. The summed E-state index contributed by atoms with van der Waals surface area (Å²) in [6, 6.07) is 8.98. The smallest absolute Gasteiger partial charge is 0.152 e. The number of hydrogen-bond acceptors (Lipinski definition) is 1. The Morgan fingerprint density at radius 1 is 0.833 bits per heavy atom. The van der Waals surface area contributed by atoms with Gasteiger partial charge in [0.25, 0.3) is 0 Å². The maximum absolute atomic E-state index is 2.90. The van der Waals surface area contributed by atoms with Gasteiger partial charge in [0.05, 0.1) is 0 Å². The summed E-state index contributed by atoms with van der Waals surface area (Å²) in [5.41, 5.74) is 2.97. The van der Waals surface area contributed by atoms with Gasteiger partial charge in [0, 0.05) is 10.9 Å². The lowest BCUT2D eigenvalue weighted by Crippen LogP contribution is -2.59. The van der Waals surface area contributed by atoms with E-state index in [1.165, 1.54) is 29.4 Å². The Labute approximate surface area is 152 Å². The zero-order chi connectivity index (χ0) is 18.3. The summed E-state index contributed by atoms with van der Waals surface area (Å²) in [5.74, 6) is 0. The first-order chi connectivity index (χ1) is 10.8. The molecule has 134 valence electrons. The monoisotopic (exact) mass is 376 g/mol. The largest absolute Gasteiger partial charge is 0.375 e. The lowest BCUT2D eigenvalue weighted by atomic mass is 10.1. The van der Waals surface area contributed by atoms with Gasteiger partial charge in [-0.25, -0.2) is 0 Å². The third-order valence-corrected chi connectivity index (χ3v) is 14.3. The van der Waals surface area contributed by atoms with Crippen molar-refractivity contribution in [2.75, 3.05) is 6.54 Å². The average Bonchev–Trinajstić information content (AvgIpc) is 2.75. The van der Waals surface area contributed by atoms with Crippen molar-refractivity contribution in [1.82, 2.24) is 8.46 Å². The fraction of sp³-hybridized carbons (Fsp3) is 0.579. The van der Waals surface area contributed by atoms with Crippen molar-refractivity contribution in [3.8, 4) is 0 Å². The summed E-state index contributed by atoms with van der Waals surface area (Å²) in [4.78, 5) is 0. The highest BCUT2D eigenvalue weighted by Crippen LogP contribution is 2.27. The number of fused-ring (bicyclic) bond motifs is 1. The molecular weight excluding hydrogens is 340 g/mol. The van der Waals surface area contributed by atoms with Gasteiger partial charge in [0.2, 0.25) is 0 Å². The van der Waals surface area contributed by atoms with Crippen LogP contribution < -0.4 is 0 Å². The van der Waals surface area contributed by atoms with Crippen LogP contribution in [0.25, 0.3) is 10.9 Å². The van der Waals surface area contributed by atoms with Crippen LogP contribution >= 0.6 is 0 Å². The Balaban J connectivity index is 2.37. The van der Waals surface area contributed by atoms with Crippen LogP contribution in [0.4, 0.5) is 0 Å². The summed E-state index contributed by atoms with van der Waals surface area (Å²) in [6.07, 6.45) is 3.63. The van der Waals surface area contributed by atoms with Gasteiger partial charge in [-0.3, -0.25) is 0 Å². The van der Waals surface area contributed by atoms with Gasteiger partial charge in [0.1, 0.15) is 16.5 Å². The Morgan fingerprint density at radius 2 is 1.38 bits per heavy atom. The molecule has 0 spiro atoms. The van der Waals surface area contributed by atoms with E-state index in [4.69, 9.17) is 0 Å². The molecule has 1 aromatic carbocycles. The van der Waals surface area contributed by atoms with Gasteiger partial charge in [-0.1, -0.05) is 77.1 Å². The van der Waals surface area contributed by atoms with Crippen molar-refractivity contribution in [2.24, 2.45) is 0 Å². The van der Waals surface area contributed by atoms with E-state index in [-0.39, 0.29) is 0 Å². The van der Waals surface area contributed by atoms with Gasteiger partial charge in [-0.05, 0) is 30.8 Å². The molecule has 0 bridgehead atoms. The second-order valence-corrected chi connectivity index (χ2v) is 25.0. The van der Waals surface area contributed by atoms with E-state index < -0.39 is 24.7 Å². The summed E-state index contributed by atoms with van der Waals surface area (Å²) in [5, 5.41) is 1.46. The molecule has 0 aliphatic rings. The van der Waals surface area contributed by atoms with E-state index in [1.807, 2.05) is 0 Å². The second kappa shape index (κ2) is 6.59. The zero-order valence-corrected chi connectivity index (χ0v) is 20.2. The predicted molar refractivity (Wildman–Crippen MR) is 118 cm³/mol. The molecular formula is C19H36N2Si3. The highest BCUT2D eigenvalue weighted by atomic mass is 28.4. The second-order valence-electron chi connectivity index (χ2n) is 9.96. The minimum absolute atomic E-state index is 1.17. The highest BCUT2D eigenvalue weighted by molar-refractivity contribution is 6.89. The molecule has 2 aromatic rings. The quantitative estimate of drug-likeness (QED) is 0.575. The Morgan fingerprint density at radius 3 is 1.88 bits per heavy atom. The first-order valence-electron chi connectivity index (χ1n) is 9.19. The lowest BCUT2D eigenvalue weighted by Gasteiger charge is -2.43. The molecule has 0 fully saturated rings. The maximum Gasteiger partial charge on any atom is 0.152 e. The Hall–Kier alpha value is -0.629. The highest BCUT2D eigenvalue weighted by Gasteiger charge is 2.34. The number of para-hydroxylation sites is 1. The minimum atomic E-state index is -1.39. The number of rotatable bonds is 6. The van der Waals surface area contributed by atoms with Crippen molar-refractivity contribution in [1.29, 1.82) is 0 Å². The first kappa shape index (κ1) is 19.7. The van der Waals surface area contributed by atoms with Gasteiger partial charge >= 0.3 is 0 Å². The van der Waals surface area contributed by atoms with E-state index in [0.29, 0.717) is 0 Å². The summed E-state index contributed by atoms with van der Waals surface area (Å²) < 4.78 is 5.49. The van der Waals surface area contributed by atoms with Crippen molar-refractivity contribution >= 4 is 35.6 Å². The molecule has 0 atom stereocenters. The van der Waals surface area contributed by atoms with Gasteiger partial charge in [0.15, 0.2) is 8.24 Å². The molecule has 0 saturated carbocycles. The molecule has 0 aliphatic carbocycles. The van der Waals surface area contributed by atoms with E-state index in [2.05, 4.69) is 97.8 Å². The fourth-order valence-electron chi connectivity index (χ4n) is 3.91. The molecule has 5 heteroatoms. The van der Waals surface area contributed by atoms with Gasteiger partial charge < -0.3 is 8.46 Å². The van der Waals surface area contributed by atoms with E-state index >= 15 is 0 Å². The third kappa shape index (κ3) is 4.31. The van der Waals surface area contributed by atoms with Crippen molar-refractivity contribution in [3.05, 3.63) is 36.0 Å². The van der Waals surface area contributed by atoms with Crippen molar-refractivity contribution < 1.29 is 0 Å². The van der Waals surface area contributed by atoms with Crippen LogP contribution in [0.2, 0.25) is 58.9 Å². The molecule has 0 unspecified atom stereocenters. The third-order valence-electron chi connectivity index (χ3n) is 4.74. The van der Waals surface area contributed by atoms with E-state index in [1.54, 1.807) is 0 Å². The summed E-state index contributed by atoms with van der Waals surface area (Å²) >= 11 is 0. The fourth-order valence-corrected chi connectivity index (χ4v) is 15.0. The zero-order valence-electron chi connectivity index (χ0n) is 17.2. The summed E-state index contributed by atoms with van der Waals surface area (Å²) in [6.45, 7) is 23.5. The molecule has 1 heterocycles. The summed E-state index contributed by atoms with van der Waals surface area (Å²) in [7, 11) is -3.94. The van der Waals surface area contributed by atoms with Crippen LogP contribution in [0.1, 0.15) is 5.56 Å². The average molecular weight is 377 g/mol. The van der Waals surface area contributed by atoms with Crippen molar-refractivity contribution in [3.63, 3.8) is 0 Å². The maximum atomic E-state index is 2.90. The minimum Gasteiger partial charge on any atom is -0.375 e. The van der Waals surface area contributed by atoms with Crippen LogP contribution in [0.15, 0.2) is 30.5 Å². The van der Waals surface area contributed by atoms with Crippen LogP contribution in [-0.2, 0) is 6.42 Å². The number of hydrogen-bond donors (Lipinski definition) is 0. The Bertz CT molecular complexity index is 686. The van der Waals surface area contributed by atoms with Crippen molar-refractivity contribution in [2.45, 2.75) is 65.3 Å². The lowest BCUT2D eigenvalue weighted by molar-refractivity contribution is 0.613. The van der Waals surface area contributed by atoms with Crippen LogP contribution in [-0.4, -0.2) is 39.7 Å². The van der Waals surface area contributed by atoms with Gasteiger partial charge in [-0.2, -0.15) is 0 Å². The molecule has 0 saturated heterocycles. The molecule has 2 nitrogen and oxygen atoms in total. The van der Waals surface area contributed by atoms with Crippen LogP contribution in [0.5, 0.6) is 0 Å². The van der Waals surface area contributed by atoms with E-state index in [9.17, 15) is 0 Å². The predicted octanol–water partition coefficient (Wildman–Crippen LogP) is 5.84. The van der Waals surface area contributed by atoms with Crippen LogP contribution in [0.3, 0.4) is 0 Å². The number of aromatic nitrogens is 1. The van der Waals surface area contributed by atoms with Gasteiger partial charge in [-0.15, -0.1) is 0 Å². The topological polar surface area (TPSA) is 8.17 Å². The molecule has 1 aromatic heterocycles. The molecule has 0 amide bonds. The molecule has 24 heavy (non-hydrogen) atoms. The number of benzene rings is 1. The molecule has 0 N–H and O–H groups in total. The standard InChI is InChI=1S/C19H36N2Si3/c1-22(2,3)20-16-17(18-12-10-11-13-19(18)20)14-15-21(23(4,5)6)24(7,8)9/h10-13,16H,14-15H2,1-9H3. The number of nitrogens with zero attached hydrogens (tertiary/aromatic N) is 2.